The first-order valence-corrected chi connectivity index (χ1v) is 6.04. The van der Waals surface area contributed by atoms with Gasteiger partial charge in [0.25, 0.3) is 0 Å². The zero-order valence-corrected chi connectivity index (χ0v) is 10.4. The Labute approximate surface area is 97.8 Å². The summed E-state index contributed by atoms with van der Waals surface area (Å²) in [5.41, 5.74) is 10.0. The monoisotopic (exact) mass is 219 g/mol. The molecule has 1 aromatic rings. The molecule has 0 amide bonds. The minimum Gasteiger partial charge on any atom is -0.496 e. The van der Waals surface area contributed by atoms with Crippen molar-refractivity contribution < 1.29 is 4.74 Å². The van der Waals surface area contributed by atoms with Crippen molar-refractivity contribution >= 4 is 0 Å². The van der Waals surface area contributed by atoms with Gasteiger partial charge in [-0.25, -0.2) is 0 Å². The van der Waals surface area contributed by atoms with Gasteiger partial charge in [0.2, 0.25) is 0 Å². The van der Waals surface area contributed by atoms with Crippen molar-refractivity contribution in [3.8, 4) is 5.75 Å². The summed E-state index contributed by atoms with van der Waals surface area (Å²) >= 11 is 0. The predicted octanol–water partition coefficient (Wildman–Crippen LogP) is 3.11. The number of benzene rings is 1. The zero-order chi connectivity index (χ0) is 11.7. The van der Waals surface area contributed by atoms with E-state index in [2.05, 4.69) is 26.0 Å². The molecule has 0 radical (unpaired) electrons. The molecule has 1 aliphatic rings. The molecule has 1 aromatic carbocycles. The molecule has 0 saturated heterocycles. The minimum atomic E-state index is 0.143. The highest BCUT2D eigenvalue weighted by Gasteiger charge is 2.28. The molecule has 1 saturated carbocycles. The van der Waals surface area contributed by atoms with Gasteiger partial charge in [0.05, 0.1) is 7.11 Å². The molecule has 1 aliphatic carbocycles. The predicted molar refractivity (Wildman–Crippen MR) is 66.7 cm³/mol. The molecule has 1 atom stereocenters. The first-order chi connectivity index (χ1) is 7.63. The fourth-order valence-electron chi connectivity index (χ4n) is 2.57. The summed E-state index contributed by atoms with van der Waals surface area (Å²) in [6, 6.07) is 4.42. The second-order valence-electron chi connectivity index (χ2n) is 4.91. The van der Waals surface area contributed by atoms with Crippen molar-refractivity contribution in [1.82, 2.24) is 0 Å². The summed E-state index contributed by atoms with van der Waals surface area (Å²) in [7, 11) is 1.73. The molecular weight excluding hydrogens is 198 g/mol. The molecular formula is C14H21NO. The highest BCUT2D eigenvalue weighted by atomic mass is 16.5. The molecule has 0 bridgehead atoms. The maximum atomic E-state index is 6.35. The Morgan fingerprint density at radius 2 is 2.00 bits per heavy atom. The van der Waals surface area contributed by atoms with E-state index in [-0.39, 0.29) is 6.04 Å². The number of hydrogen-bond acceptors (Lipinski definition) is 2. The van der Waals surface area contributed by atoms with Crippen LogP contribution in [0.15, 0.2) is 12.1 Å². The summed E-state index contributed by atoms with van der Waals surface area (Å²) in [5, 5.41) is 0. The molecule has 0 spiro atoms. The highest BCUT2D eigenvalue weighted by Crippen LogP contribution is 2.40. The quantitative estimate of drug-likeness (QED) is 0.847. The number of methoxy groups -OCH3 is 1. The lowest BCUT2D eigenvalue weighted by Crippen LogP contribution is -2.27. The van der Waals surface area contributed by atoms with Crippen LogP contribution in [0.2, 0.25) is 0 Å². The molecule has 2 rings (SSSR count). The van der Waals surface area contributed by atoms with Crippen molar-refractivity contribution in [3.05, 3.63) is 28.8 Å². The van der Waals surface area contributed by atoms with Gasteiger partial charge in [-0.15, -0.1) is 0 Å². The normalized spacial score (nSPS) is 18.0. The van der Waals surface area contributed by atoms with E-state index in [9.17, 15) is 0 Å². The summed E-state index contributed by atoms with van der Waals surface area (Å²) in [5.74, 6) is 1.60. The van der Waals surface area contributed by atoms with Gasteiger partial charge < -0.3 is 10.5 Å². The fourth-order valence-corrected chi connectivity index (χ4v) is 2.57. The van der Waals surface area contributed by atoms with E-state index in [1.54, 1.807) is 7.11 Å². The van der Waals surface area contributed by atoms with E-state index < -0.39 is 0 Å². The lowest BCUT2D eigenvalue weighted by atomic mass is 9.76. The third kappa shape index (κ3) is 1.94. The maximum Gasteiger partial charge on any atom is 0.124 e. The largest absolute Gasteiger partial charge is 0.496 e. The average Bonchev–Trinajstić information content (AvgIpc) is 2.13. The SMILES string of the molecule is COc1cc(C)cc(C)c1C(N)C1CCC1. The maximum absolute atomic E-state index is 6.35. The minimum absolute atomic E-state index is 0.143. The van der Waals surface area contributed by atoms with Crippen LogP contribution in [0.25, 0.3) is 0 Å². The molecule has 16 heavy (non-hydrogen) atoms. The lowest BCUT2D eigenvalue weighted by molar-refractivity contribution is 0.259. The zero-order valence-electron chi connectivity index (χ0n) is 10.4. The number of ether oxygens (including phenoxy) is 1. The molecule has 2 N–H and O–H groups in total. The van der Waals surface area contributed by atoms with Gasteiger partial charge in [-0.2, -0.15) is 0 Å². The smallest absolute Gasteiger partial charge is 0.124 e. The van der Waals surface area contributed by atoms with Gasteiger partial charge in [-0.3, -0.25) is 0 Å². The van der Waals surface area contributed by atoms with E-state index in [1.165, 1.54) is 36.0 Å². The van der Waals surface area contributed by atoms with Crippen molar-refractivity contribution in [2.45, 2.75) is 39.2 Å². The van der Waals surface area contributed by atoms with Crippen LogP contribution in [0.3, 0.4) is 0 Å². The molecule has 0 heterocycles. The molecule has 0 aliphatic heterocycles. The summed E-state index contributed by atoms with van der Waals surface area (Å²) in [4.78, 5) is 0. The van der Waals surface area contributed by atoms with Crippen LogP contribution in [0.4, 0.5) is 0 Å². The third-order valence-corrected chi connectivity index (χ3v) is 3.70. The van der Waals surface area contributed by atoms with E-state index >= 15 is 0 Å². The van der Waals surface area contributed by atoms with E-state index in [1.807, 2.05) is 0 Å². The van der Waals surface area contributed by atoms with Crippen LogP contribution in [0.1, 0.15) is 42.0 Å². The summed E-state index contributed by atoms with van der Waals surface area (Å²) in [6.45, 7) is 4.22. The van der Waals surface area contributed by atoms with Crippen LogP contribution in [0, 0.1) is 19.8 Å². The van der Waals surface area contributed by atoms with Gasteiger partial charge in [0, 0.05) is 11.6 Å². The van der Waals surface area contributed by atoms with Crippen LogP contribution < -0.4 is 10.5 Å². The highest BCUT2D eigenvalue weighted by molar-refractivity contribution is 5.45. The van der Waals surface area contributed by atoms with Gasteiger partial charge >= 0.3 is 0 Å². The second-order valence-corrected chi connectivity index (χ2v) is 4.91. The Hall–Kier alpha value is -1.02. The molecule has 0 aromatic heterocycles. The Morgan fingerprint density at radius 1 is 1.31 bits per heavy atom. The molecule has 2 nitrogen and oxygen atoms in total. The van der Waals surface area contributed by atoms with Crippen LogP contribution in [0.5, 0.6) is 5.75 Å². The second kappa shape index (κ2) is 4.46. The number of aryl methyl sites for hydroxylation is 2. The number of hydrogen-bond donors (Lipinski definition) is 1. The topological polar surface area (TPSA) is 35.2 Å². The number of rotatable bonds is 3. The molecule has 2 heteroatoms. The van der Waals surface area contributed by atoms with Gasteiger partial charge in [0.15, 0.2) is 0 Å². The van der Waals surface area contributed by atoms with Crippen molar-refractivity contribution in [2.75, 3.05) is 7.11 Å². The fraction of sp³-hybridized carbons (Fsp3) is 0.571. The Balaban J connectivity index is 2.37. The van der Waals surface area contributed by atoms with Crippen molar-refractivity contribution in [2.24, 2.45) is 11.7 Å². The van der Waals surface area contributed by atoms with E-state index in [0.29, 0.717) is 5.92 Å². The Bertz CT molecular complexity index is 383. The summed E-state index contributed by atoms with van der Waals surface area (Å²) in [6.07, 6.45) is 3.85. The Kier molecular flexibility index (Phi) is 3.20. The van der Waals surface area contributed by atoms with Gasteiger partial charge in [-0.1, -0.05) is 12.5 Å². The average molecular weight is 219 g/mol. The van der Waals surface area contributed by atoms with Crippen LogP contribution >= 0.6 is 0 Å². The van der Waals surface area contributed by atoms with Crippen molar-refractivity contribution in [1.29, 1.82) is 0 Å². The molecule has 1 fully saturated rings. The first kappa shape index (κ1) is 11.5. The van der Waals surface area contributed by atoms with Crippen LogP contribution in [-0.4, -0.2) is 7.11 Å². The lowest BCUT2D eigenvalue weighted by Gasteiger charge is -2.33. The summed E-state index contributed by atoms with van der Waals surface area (Å²) < 4.78 is 5.47. The Morgan fingerprint density at radius 3 is 2.50 bits per heavy atom. The van der Waals surface area contributed by atoms with Gasteiger partial charge in [0.1, 0.15) is 5.75 Å². The molecule has 1 unspecified atom stereocenters. The van der Waals surface area contributed by atoms with Crippen molar-refractivity contribution in [3.63, 3.8) is 0 Å². The van der Waals surface area contributed by atoms with E-state index in [4.69, 9.17) is 10.5 Å². The third-order valence-electron chi connectivity index (χ3n) is 3.70. The first-order valence-electron chi connectivity index (χ1n) is 6.04. The number of nitrogens with two attached hydrogens (primary N) is 1. The standard InChI is InChI=1S/C14H21NO/c1-9-7-10(2)13(12(8-9)16-3)14(15)11-5-4-6-11/h7-8,11,14H,4-6,15H2,1-3H3. The van der Waals surface area contributed by atoms with E-state index in [0.717, 1.165) is 5.75 Å². The molecule has 88 valence electrons. The van der Waals surface area contributed by atoms with Crippen LogP contribution in [-0.2, 0) is 0 Å². The van der Waals surface area contributed by atoms with Gasteiger partial charge in [-0.05, 0) is 49.8 Å².